The van der Waals surface area contributed by atoms with Crippen LogP contribution in [0.25, 0.3) is 11.3 Å². The van der Waals surface area contributed by atoms with E-state index >= 15 is 0 Å². The van der Waals surface area contributed by atoms with Gasteiger partial charge in [-0.15, -0.1) is 0 Å². The summed E-state index contributed by atoms with van der Waals surface area (Å²) in [5.74, 6) is -0.800. The average molecular weight is 231 g/mol. The molecule has 0 saturated carbocycles. The predicted octanol–water partition coefficient (Wildman–Crippen LogP) is 1.50. The molecule has 0 saturated heterocycles. The number of aryl methyl sites for hydroxylation is 2. The molecule has 0 spiro atoms. The first-order valence-corrected chi connectivity index (χ1v) is 5.31. The summed E-state index contributed by atoms with van der Waals surface area (Å²) in [6.45, 7) is 0. The smallest absolute Gasteiger partial charge is 0.303 e. The third-order valence-corrected chi connectivity index (χ3v) is 2.45. The Morgan fingerprint density at radius 3 is 3.00 bits per heavy atom. The zero-order valence-electron chi connectivity index (χ0n) is 9.50. The molecular weight excluding hydrogens is 218 g/mol. The van der Waals surface area contributed by atoms with Crippen LogP contribution in [-0.2, 0) is 18.3 Å². The molecule has 0 aliphatic heterocycles. The highest BCUT2D eigenvalue weighted by Gasteiger charge is 2.11. The van der Waals surface area contributed by atoms with Gasteiger partial charge in [0, 0.05) is 37.6 Å². The lowest BCUT2D eigenvalue weighted by molar-refractivity contribution is -0.136. The zero-order valence-corrected chi connectivity index (χ0v) is 9.50. The largest absolute Gasteiger partial charge is 0.481 e. The van der Waals surface area contributed by atoms with E-state index in [1.54, 1.807) is 17.1 Å². The van der Waals surface area contributed by atoms with E-state index in [1.807, 2.05) is 25.4 Å². The van der Waals surface area contributed by atoms with Crippen LogP contribution >= 0.6 is 0 Å². The van der Waals surface area contributed by atoms with Crippen molar-refractivity contribution in [1.29, 1.82) is 0 Å². The highest BCUT2D eigenvalue weighted by molar-refractivity contribution is 5.68. The molecule has 0 unspecified atom stereocenters. The lowest BCUT2D eigenvalue weighted by Crippen LogP contribution is -1.97. The molecule has 0 amide bonds. The Labute approximate surface area is 98.7 Å². The highest BCUT2D eigenvalue weighted by Crippen LogP contribution is 2.21. The SMILES string of the molecule is Cn1cc(CCC(=O)O)c(-c2cccnc2)n1. The van der Waals surface area contributed by atoms with Crippen LogP contribution in [0, 0.1) is 0 Å². The fourth-order valence-electron chi connectivity index (χ4n) is 1.71. The Balaban J connectivity index is 2.31. The molecule has 2 heterocycles. The number of pyridine rings is 1. The van der Waals surface area contributed by atoms with Gasteiger partial charge < -0.3 is 5.11 Å². The van der Waals surface area contributed by atoms with Crippen LogP contribution in [-0.4, -0.2) is 25.8 Å². The second-order valence-electron chi connectivity index (χ2n) is 3.81. The molecule has 2 aromatic heterocycles. The number of nitrogens with zero attached hydrogens (tertiary/aromatic N) is 3. The summed E-state index contributed by atoms with van der Waals surface area (Å²) in [6.07, 6.45) is 5.87. The predicted molar refractivity (Wildman–Crippen MR) is 62.4 cm³/mol. The van der Waals surface area contributed by atoms with Gasteiger partial charge >= 0.3 is 5.97 Å². The lowest BCUT2D eigenvalue weighted by Gasteiger charge is -1.99. The third kappa shape index (κ3) is 2.69. The minimum atomic E-state index is -0.800. The molecule has 5 heteroatoms. The summed E-state index contributed by atoms with van der Waals surface area (Å²) >= 11 is 0. The second-order valence-corrected chi connectivity index (χ2v) is 3.81. The van der Waals surface area contributed by atoms with Crippen molar-refractivity contribution >= 4 is 5.97 Å². The topological polar surface area (TPSA) is 68.0 Å². The number of hydrogen-bond acceptors (Lipinski definition) is 3. The molecule has 0 aromatic carbocycles. The number of carbonyl (C=O) groups is 1. The Morgan fingerprint density at radius 2 is 2.35 bits per heavy atom. The van der Waals surface area contributed by atoms with E-state index in [4.69, 9.17) is 5.11 Å². The first-order valence-electron chi connectivity index (χ1n) is 5.31. The number of hydrogen-bond donors (Lipinski definition) is 1. The molecular formula is C12H13N3O2. The van der Waals surface area contributed by atoms with E-state index in [9.17, 15) is 4.79 Å². The van der Waals surface area contributed by atoms with Crippen LogP contribution < -0.4 is 0 Å². The maximum Gasteiger partial charge on any atom is 0.303 e. The lowest BCUT2D eigenvalue weighted by atomic mass is 10.1. The first kappa shape index (κ1) is 11.3. The van der Waals surface area contributed by atoms with Crippen molar-refractivity contribution in [2.24, 2.45) is 7.05 Å². The molecule has 17 heavy (non-hydrogen) atoms. The van der Waals surface area contributed by atoms with Gasteiger partial charge in [0.05, 0.1) is 5.69 Å². The number of carboxylic acid groups (broad SMARTS) is 1. The number of aliphatic carboxylic acids is 1. The van der Waals surface area contributed by atoms with Crippen molar-refractivity contribution in [1.82, 2.24) is 14.8 Å². The molecule has 0 fully saturated rings. The van der Waals surface area contributed by atoms with E-state index in [0.717, 1.165) is 16.8 Å². The van der Waals surface area contributed by atoms with Crippen molar-refractivity contribution < 1.29 is 9.90 Å². The Morgan fingerprint density at radius 1 is 1.53 bits per heavy atom. The van der Waals surface area contributed by atoms with Gasteiger partial charge in [-0.25, -0.2) is 0 Å². The van der Waals surface area contributed by atoms with Crippen LogP contribution in [0.3, 0.4) is 0 Å². The van der Waals surface area contributed by atoms with Gasteiger partial charge in [-0.3, -0.25) is 14.5 Å². The van der Waals surface area contributed by atoms with Gasteiger partial charge in [-0.1, -0.05) is 0 Å². The summed E-state index contributed by atoms with van der Waals surface area (Å²) < 4.78 is 1.69. The van der Waals surface area contributed by atoms with E-state index < -0.39 is 5.97 Å². The van der Waals surface area contributed by atoms with Crippen molar-refractivity contribution in [3.05, 3.63) is 36.3 Å². The van der Waals surface area contributed by atoms with Crippen molar-refractivity contribution in [2.75, 3.05) is 0 Å². The van der Waals surface area contributed by atoms with E-state index in [0.29, 0.717) is 6.42 Å². The monoisotopic (exact) mass is 231 g/mol. The van der Waals surface area contributed by atoms with Gasteiger partial charge in [0.1, 0.15) is 0 Å². The van der Waals surface area contributed by atoms with E-state index in [1.165, 1.54) is 0 Å². The second kappa shape index (κ2) is 4.78. The number of rotatable bonds is 4. The van der Waals surface area contributed by atoms with Crippen LogP contribution in [0.1, 0.15) is 12.0 Å². The Bertz CT molecular complexity index is 520. The molecule has 0 bridgehead atoms. The van der Waals surface area contributed by atoms with Crippen molar-refractivity contribution in [3.63, 3.8) is 0 Å². The molecule has 0 atom stereocenters. The summed E-state index contributed by atoms with van der Waals surface area (Å²) in [6, 6.07) is 3.75. The fourth-order valence-corrected chi connectivity index (χ4v) is 1.71. The summed E-state index contributed by atoms with van der Waals surface area (Å²) in [7, 11) is 1.82. The van der Waals surface area contributed by atoms with Gasteiger partial charge in [-0.2, -0.15) is 5.10 Å². The van der Waals surface area contributed by atoms with E-state index in [-0.39, 0.29) is 6.42 Å². The molecule has 2 aromatic rings. The van der Waals surface area contributed by atoms with Gasteiger partial charge in [0.2, 0.25) is 0 Å². The summed E-state index contributed by atoms with van der Waals surface area (Å²) in [4.78, 5) is 14.6. The highest BCUT2D eigenvalue weighted by atomic mass is 16.4. The van der Waals surface area contributed by atoms with Gasteiger partial charge in [0.15, 0.2) is 0 Å². The maximum atomic E-state index is 10.6. The minimum Gasteiger partial charge on any atom is -0.481 e. The van der Waals surface area contributed by atoms with Crippen LogP contribution in [0.2, 0.25) is 0 Å². The standard InChI is InChI=1S/C12H13N3O2/c1-15-8-10(4-5-11(16)17)12(14-15)9-3-2-6-13-7-9/h2-3,6-8H,4-5H2,1H3,(H,16,17). The molecule has 0 radical (unpaired) electrons. The molecule has 1 N–H and O–H groups in total. The molecule has 5 nitrogen and oxygen atoms in total. The van der Waals surface area contributed by atoms with Gasteiger partial charge in [-0.05, 0) is 24.1 Å². The minimum absolute atomic E-state index is 0.110. The average Bonchev–Trinajstić information content (AvgIpc) is 2.69. The van der Waals surface area contributed by atoms with Crippen LogP contribution in [0.5, 0.6) is 0 Å². The van der Waals surface area contributed by atoms with E-state index in [2.05, 4.69) is 10.1 Å². The number of aromatic nitrogens is 3. The Kier molecular flexibility index (Phi) is 3.18. The quantitative estimate of drug-likeness (QED) is 0.865. The Hall–Kier alpha value is -2.17. The first-order chi connectivity index (χ1) is 8.16. The number of carboxylic acids is 1. The molecule has 2 rings (SSSR count). The van der Waals surface area contributed by atoms with Crippen molar-refractivity contribution in [3.8, 4) is 11.3 Å². The molecule has 88 valence electrons. The van der Waals surface area contributed by atoms with Crippen molar-refractivity contribution in [2.45, 2.75) is 12.8 Å². The summed E-state index contributed by atoms with van der Waals surface area (Å²) in [5, 5.41) is 13.0. The molecule has 0 aliphatic rings. The maximum absolute atomic E-state index is 10.6. The molecule has 0 aliphatic carbocycles. The summed E-state index contributed by atoms with van der Waals surface area (Å²) in [5.41, 5.74) is 2.65. The van der Waals surface area contributed by atoms with Crippen LogP contribution in [0.4, 0.5) is 0 Å². The third-order valence-electron chi connectivity index (χ3n) is 2.45. The van der Waals surface area contributed by atoms with Crippen LogP contribution in [0.15, 0.2) is 30.7 Å². The fraction of sp³-hybridized carbons (Fsp3) is 0.250. The van der Waals surface area contributed by atoms with Gasteiger partial charge in [0.25, 0.3) is 0 Å². The normalized spacial score (nSPS) is 10.4. The zero-order chi connectivity index (χ0) is 12.3.